The normalized spacial score (nSPS) is 17.3. The Bertz CT molecular complexity index is 523. The molecule has 1 saturated heterocycles. The van der Waals surface area contributed by atoms with Gasteiger partial charge in [-0.1, -0.05) is 11.8 Å². The number of carbonyl (C=O) groups is 1. The third-order valence-corrected chi connectivity index (χ3v) is 4.41. The molecule has 1 fully saturated rings. The molecule has 5 heteroatoms. The van der Waals surface area contributed by atoms with Crippen LogP contribution in [0.15, 0.2) is 11.4 Å². The molecule has 21 heavy (non-hydrogen) atoms. The van der Waals surface area contributed by atoms with Gasteiger partial charge < -0.3 is 14.7 Å². The summed E-state index contributed by atoms with van der Waals surface area (Å²) < 4.78 is 5.54. The summed E-state index contributed by atoms with van der Waals surface area (Å²) in [7, 11) is 1.83. The maximum Gasteiger partial charge on any atom is 0.222 e. The summed E-state index contributed by atoms with van der Waals surface area (Å²) in [6.45, 7) is 1.31. The van der Waals surface area contributed by atoms with Crippen molar-refractivity contribution in [2.24, 2.45) is 0 Å². The Hall–Kier alpha value is -1.35. The number of hydrogen-bond acceptors (Lipinski definition) is 4. The second kappa shape index (κ2) is 8.18. The Kier molecular flexibility index (Phi) is 6.24. The van der Waals surface area contributed by atoms with Crippen LogP contribution in [-0.4, -0.2) is 42.3 Å². The molecule has 114 valence electrons. The zero-order valence-corrected chi connectivity index (χ0v) is 13.1. The van der Waals surface area contributed by atoms with E-state index >= 15 is 0 Å². The number of rotatable bonds is 5. The molecule has 1 atom stereocenters. The predicted molar refractivity (Wildman–Crippen MR) is 83.0 cm³/mol. The number of aliphatic hydroxyl groups excluding tert-OH is 1. The number of hydrogen-bond donors (Lipinski definition) is 1. The summed E-state index contributed by atoms with van der Waals surface area (Å²) in [5.41, 5.74) is 0.893. The monoisotopic (exact) mass is 307 g/mol. The van der Waals surface area contributed by atoms with Gasteiger partial charge in [0.05, 0.1) is 12.6 Å². The van der Waals surface area contributed by atoms with Crippen LogP contribution in [0.25, 0.3) is 0 Å². The molecule has 1 aromatic rings. The molecule has 0 bridgehead atoms. The molecular formula is C16H21NO3S. The van der Waals surface area contributed by atoms with E-state index in [0.717, 1.165) is 36.3 Å². The summed E-state index contributed by atoms with van der Waals surface area (Å²) in [6.07, 6.45) is 3.82. The number of carbonyl (C=O) groups excluding carboxylic acids is 1. The molecule has 0 aromatic carbocycles. The van der Waals surface area contributed by atoms with E-state index in [9.17, 15) is 4.79 Å². The molecule has 2 heterocycles. The van der Waals surface area contributed by atoms with Gasteiger partial charge in [-0.2, -0.15) is 0 Å². The predicted octanol–water partition coefficient (Wildman–Crippen LogP) is 2.01. The van der Waals surface area contributed by atoms with Crippen LogP contribution in [-0.2, 0) is 16.1 Å². The van der Waals surface area contributed by atoms with E-state index in [1.807, 2.05) is 18.5 Å². The van der Waals surface area contributed by atoms with Gasteiger partial charge in [-0.15, -0.1) is 11.3 Å². The Labute approximate surface area is 129 Å². The quantitative estimate of drug-likeness (QED) is 0.847. The van der Waals surface area contributed by atoms with Gasteiger partial charge in [0.25, 0.3) is 0 Å². The van der Waals surface area contributed by atoms with Crippen LogP contribution in [0.2, 0.25) is 0 Å². The summed E-state index contributed by atoms with van der Waals surface area (Å²) in [6, 6.07) is 1.97. The Morgan fingerprint density at radius 2 is 2.48 bits per heavy atom. The number of nitrogens with zero attached hydrogens (tertiary/aromatic N) is 1. The second-order valence-corrected chi connectivity index (χ2v) is 6.18. The second-order valence-electron chi connectivity index (χ2n) is 5.19. The summed E-state index contributed by atoms with van der Waals surface area (Å²) in [5, 5.41) is 10.6. The maximum absolute atomic E-state index is 12.1. The minimum Gasteiger partial charge on any atom is -0.384 e. The Morgan fingerprint density at radius 3 is 3.19 bits per heavy atom. The van der Waals surface area contributed by atoms with Crippen LogP contribution in [0.4, 0.5) is 0 Å². The lowest BCUT2D eigenvalue weighted by Gasteiger charge is -2.17. The van der Waals surface area contributed by atoms with Crippen LogP contribution in [0.5, 0.6) is 0 Å². The van der Waals surface area contributed by atoms with E-state index in [2.05, 4.69) is 11.8 Å². The SMILES string of the molecule is CN(Cc1cc(C#CCO)cs1)C(=O)CCC1CCCO1. The molecule has 4 nitrogen and oxygen atoms in total. The maximum atomic E-state index is 12.1. The van der Waals surface area contributed by atoms with E-state index in [1.165, 1.54) is 0 Å². The van der Waals surface area contributed by atoms with Gasteiger partial charge in [-0.3, -0.25) is 4.79 Å². The number of ether oxygens (including phenoxy) is 1. The van der Waals surface area contributed by atoms with Crippen molar-refractivity contribution in [2.45, 2.75) is 38.3 Å². The standard InChI is InChI=1S/C16H21NO3S/c1-17(16(19)7-6-14-5-3-9-20-14)11-15-10-13(12-21-15)4-2-8-18/h10,12,14,18H,3,5-9,11H2,1H3. The van der Waals surface area contributed by atoms with Gasteiger partial charge in [0, 0.05) is 35.9 Å². The molecule has 2 rings (SSSR count). The number of amides is 1. The Morgan fingerprint density at radius 1 is 1.62 bits per heavy atom. The van der Waals surface area contributed by atoms with Gasteiger partial charge in [0.1, 0.15) is 6.61 Å². The average Bonchev–Trinajstić information content (AvgIpc) is 3.14. The molecule has 1 amide bonds. The van der Waals surface area contributed by atoms with E-state index < -0.39 is 0 Å². The minimum atomic E-state index is -0.132. The molecule has 0 saturated carbocycles. The lowest BCUT2D eigenvalue weighted by molar-refractivity contribution is -0.131. The van der Waals surface area contributed by atoms with Gasteiger partial charge in [0.2, 0.25) is 5.91 Å². The largest absolute Gasteiger partial charge is 0.384 e. The van der Waals surface area contributed by atoms with E-state index in [4.69, 9.17) is 9.84 Å². The highest BCUT2D eigenvalue weighted by molar-refractivity contribution is 7.10. The fourth-order valence-electron chi connectivity index (χ4n) is 2.34. The van der Waals surface area contributed by atoms with Crippen LogP contribution in [0.1, 0.15) is 36.1 Å². The smallest absolute Gasteiger partial charge is 0.222 e. The summed E-state index contributed by atoms with van der Waals surface area (Å²) in [5.74, 6) is 5.65. The van der Waals surface area contributed by atoms with Gasteiger partial charge in [0.15, 0.2) is 0 Å². The average molecular weight is 307 g/mol. The van der Waals surface area contributed by atoms with Crippen molar-refractivity contribution in [2.75, 3.05) is 20.3 Å². The molecule has 1 aromatic heterocycles. The number of aliphatic hydroxyl groups is 1. The highest BCUT2D eigenvalue weighted by atomic mass is 32.1. The van der Waals surface area contributed by atoms with Crippen LogP contribution in [0, 0.1) is 11.8 Å². The lowest BCUT2D eigenvalue weighted by atomic mass is 10.1. The van der Waals surface area contributed by atoms with Crippen molar-refractivity contribution in [3.63, 3.8) is 0 Å². The van der Waals surface area contributed by atoms with Crippen molar-refractivity contribution in [3.05, 3.63) is 21.9 Å². The van der Waals surface area contributed by atoms with E-state index in [1.54, 1.807) is 16.2 Å². The first-order chi connectivity index (χ1) is 10.2. The lowest BCUT2D eigenvalue weighted by Crippen LogP contribution is -2.26. The first kappa shape index (κ1) is 16.0. The molecule has 1 aliphatic rings. The first-order valence-corrected chi connectivity index (χ1v) is 8.09. The van der Waals surface area contributed by atoms with Crippen molar-refractivity contribution in [1.29, 1.82) is 0 Å². The topological polar surface area (TPSA) is 49.8 Å². The molecule has 0 spiro atoms. The molecule has 1 aliphatic heterocycles. The highest BCUT2D eigenvalue weighted by Gasteiger charge is 2.18. The molecule has 1 unspecified atom stereocenters. The fourth-order valence-corrected chi connectivity index (χ4v) is 3.21. The zero-order chi connectivity index (χ0) is 15.1. The zero-order valence-electron chi connectivity index (χ0n) is 12.3. The third kappa shape index (κ3) is 5.16. The van der Waals surface area contributed by atoms with Crippen LogP contribution in [0.3, 0.4) is 0 Å². The summed E-state index contributed by atoms with van der Waals surface area (Å²) >= 11 is 1.59. The number of thiophene rings is 1. The Balaban J connectivity index is 1.78. The highest BCUT2D eigenvalue weighted by Crippen LogP contribution is 2.19. The van der Waals surface area contributed by atoms with E-state index in [-0.39, 0.29) is 18.6 Å². The van der Waals surface area contributed by atoms with Crippen LogP contribution < -0.4 is 0 Å². The first-order valence-electron chi connectivity index (χ1n) is 7.21. The van der Waals surface area contributed by atoms with Crippen molar-refractivity contribution >= 4 is 17.2 Å². The molecular weight excluding hydrogens is 286 g/mol. The molecule has 1 N–H and O–H groups in total. The molecule has 0 aliphatic carbocycles. The van der Waals surface area contributed by atoms with E-state index in [0.29, 0.717) is 13.0 Å². The summed E-state index contributed by atoms with van der Waals surface area (Å²) in [4.78, 5) is 15.0. The molecule has 0 radical (unpaired) electrons. The third-order valence-electron chi connectivity index (χ3n) is 3.49. The van der Waals surface area contributed by atoms with Gasteiger partial charge >= 0.3 is 0 Å². The van der Waals surface area contributed by atoms with Gasteiger partial charge in [-0.05, 0) is 25.3 Å². The van der Waals surface area contributed by atoms with Crippen LogP contribution >= 0.6 is 11.3 Å². The van der Waals surface area contributed by atoms with Gasteiger partial charge in [-0.25, -0.2) is 0 Å². The van der Waals surface area contributed by atoms with Crippen molar-refractivity contribution < 1.29 is 14.6 Å². The fraction of sp³-hybridized carbons (Fsp3) is 0.562. The van der Waals surface area contributed by atoms with Crippen molar-refractivity contribution in [1.82, 2.24) is 4.90 Å². The minimum absolute atomic E-state index is 0.132. The van der Waals surface area contributed by atoms with Crippen molar-refractivity contribution in [3.8, 4) is 11.8 Å².